The minimum Gasteiger partial charge on any atom is -0.508 e. The smallest absolute Gasteiger partial charge is 0.198 e. The van der Waals surface area contributed by atoms with E-state index in [1.54, 1.807) is 18.3 Å². The van der Waals surface area contributed by atoms with Gasteiger partial charge < -0.3 is 15.2 Å². The topological polar surface area (TPSA) is 71.8 Å². The highest BCUT2D eigenvalue weighted by Crippen LogP contribution is 2.28. The summed E-state index contributed by atoms with van der Waals surface area (Å²) in [6.45, 7) is 6.73. The zero-order valence-electron chi connectivity index (χ0n) is 14.5. The van der Waals surface area contributed by atoms with E-state index in [1.165, 1.54) is 0 Å². The quantitative estimate of drug-likeness (QED) is 0.591. The summed E-state index contributed by atoms with van der Waals surface area (Å²) in [6.07, 6.45) is 1.65. The lowest BCUT2D eigenvalue weighted by atomic mass is 10.1. The Morgan fingerprint density at radius 3 is 2.60 bits per heavy atom. The molecular formula is C20H23N3O2. The molecule has 0 amide bonds. The Kier molecular flexibility index (Phi) is 5.05. The molecule has 5 heteroatoms. The SMILES string of the molecule is CCN(CC)Cc1cc(N=Cc2c(O)[nH]c3ccccc23)ccc1O. The summed E-state index contributed by atoms with van der Waals surface area (Å²) in [7, 11) is 0. The largest absolute Gasteiger partial charge is 0.508 e. The first-order valence-electron chi connectivity index (χ1n) is 8.50. The van der Waals surface area contributed by atoms with E-state index in [0.717, 1.165) is 35.2 Å². The molecule has 5 nitrogen and oxygen atoms in total. The minimum atomic E-state index is 0.104. The number of hydrogen-bond acceptors (Lipinski definition) is 4. The number of nitrogens with one attached hydrogen (secondary N) is 1. The molecule has 0 unspecified atom stereocenters. The summed E-state index contributed by atoms with van der Waals surface area (Å²) in [4.78, 5) is 9.66. The van der Waals surface area contributed by atoms with Gasteiger partial charge in [-0.15, -0.1) is 0 Å². The fraction of sp³-hybridized carbons (Fsp3) is 0.250. The minimum absolute atomic E-state index is 0.104. The monoisotopic (exact) mass is 337 g/mol. The Labute approximate surface area is 147 Å². The number of aromatic amines is 1. The summed E-state index contributed by atoms with van der Waals surface area (Å²) in [5.74, 6) is 0.382. The molecule has 3 aromatic rings. The van der Waals surface area contributed by atoms with E-state index in [9.17, 15) is 10.2 Å². The lowest BCUT2D eigenvalue weighted by molar-refractivity contribution is 0.291. The Hall–Kier alpha value is -2.79. The molecule has 0 fully saturated rings. The van der Waals surface area contributed by atoms with Crippen LogP contribution < -0.4 is 0 Å². The molecule has 1 heterocycles. The van der Waals surface area contributed by atoms with Crippen LogP contribution >= 0.6 is 0 Å². The van der Waals surface area contributed by atoms with Gasteiger partial charge in [0.1, 0.15) is 5.75 Å². The van der Waals surface area contributed by atoms with Gasteiger partial charge in [0.15, 0.2) is 5.88 Å². The zero-order valence-corrected chi connectivity index (χ0v) is 14.5. The highest BCUT2D eigenvalue weighted by Gasteiger charge is 2.09. The van der Waals surface area contributed by atoms with Crippen molar-refractivity contribution in [2.75, 3.05) is 13.1 Å². The van der Waals surface area contributed by atoms with Crippen LogP contribution in [-0.2, 0) is 6.54 Å². The van der Waals surface area contributed by atoms with Gasteiger partial charge in [0.2, 0.25) is 0 Å². The van der Waals surface area contributed by atoms with Crippen LogP contribution in [-0.4, -0.2) is 39.4 Å². The van der Waals surface area contributed by atoms with Crippen molar-refractivity contribution in [2.45, 2.75) is 20.4 Å². The molecule has 3 N–H and O–H groups in total. The molecule has 0 spiro atoms. The Balaban J connectivity index is 1.89. The van der Waals surface area contributed by atoms with E-state index in [0.29, 0.717) is 12.1 Å². The molecular weight excluding hydrogens is 314 g/mol. The van der Waals surface area contributed by atoms with Crippen molar-refractivity contribution >= 4 is 22.8 Å². The molecule has 0 saturated carbocycles. The van der Waals surface area contributed by atoms with Gasteiger partial charge in [-0.1, -0.05) is 32.0 Å². The molecule has 2 aromatic carbocycles. The van der Waals surface area contributed by atoms with E-state index in [1.807, 2.05) is 30.3 Å². The maximum absolute atomic E-state index is 10.1. The van der Waals surface area contributed by atoms with E-state index >= 15 is 0 Å². The summed E-state index contributed by atoms with van der Waals surface area (Å²) >= 11 is 0. The average Bonchev–Trinajstić information content (AvgIpc) is 2.95. The molecule has 0 radical (unpaired) electrons. The van der Waals surface area contributed by atoms with Crippen LogP contribution in [0.15, 0.2) is 47.5 Å². The number of fused-ring (bicyclic) bond motifs is 1. The van der Waals surface area contributed by atoms with Gasteiger partial charge in [-0.2, -0.15) is 0 Å². The number of rotatable bonds is 6. The second-order valence-corrected chi connectivity index (χ2v) is 5.97. The molecule has 1 aromatic heterocycles. The molecule has 3 rings (SSSR count). The van der Waals surface area contributed by atoms with Crippen LogP contribution in [0.2, 0.25) is 0 Å². The van der Waals surface area contributed by atoms with Gasteiger partial charge in [-0.05, 0) is 37.4 Å². The molecule has 0 bridgehead atoms. The molecule has 0 aliphatic carbocycles. The number of aromatic nitrogens is 1. The molecule has 25 heavy (non-hydrogen) atoms. The van der Waals surface area contributed by atoms with Crippen molar-refractivity contribution in [3.05, 3.63) is 53.6 Å². The average molecular weight is 337 g/mol. The normalized spacial score (nSPS) is 11.8. The number of aliphatic imine (C=N–C) groups is 1. The number of aromatic hydroxyl groups is 2. The lowest BCUT2D eigenvalue weighted by Crippen LogP contribution is -2.22. The predicted molar refractivity (Wildman–Crippen MR) is 102 cm³/mol. The van der Waals surface area contributed by atoms with Gasteiger partial charge in [0, 0.05) is 29.2 Å². The molecule has 0 aliphatic heterocycles. The number of nitrogens with zero attached hydrogens (tertiary/aromatic N) is 2. The van der Waals surface area contributed by atoms with E-state index in [4.69, 9.17) is 0 Å². The highest BCUT2D eigenvalue weighted by molar-refractivity contribution is 6.02. The van der Waals surface area contributed by atoms with Crippen LogP contribution in [0.5, 0.6) is 11.6 Å². The van der Waals surface area contributed by atoms with Crippen LogP contribution in [0, 0.1) is 0 Å². The summed E-state index contributed by atoms with van der Waals surface area (Å²) in [5.41, 5.74) is 3.12. The summed E-state index contributed by atoms with van der Waals surface area (Å²) in [5, 5.41) is 21.1. The molecule has 0 aliphatic rings. The molecule has 0 saturated heterocycles. The van der Waals surface area contributed by atoms with Crippen molar-refractivity contribution in [1.82, 2.24) is 9.88 Å². The highest BCUT2D eigenvalue weighted by atomic mass is 16.3. The lowest BCUT2D eigenvalue weighted by Gasteiger charge is -2.18. The van der Waals surface area contributed by atoms with Gasteiger partial charge in [-0.3, -0.25) is 9.89 Å². The first-order chi connectivity index (χ1) is 12.1. The van der Waals surface area contributed by atoms with Crippen LogP contribution in [0.1, 0.15) is 25.0 Å². The Bertz CT molecular complexity index is 895. The van der Waals surface area contributed by atoms with Crippen LogP contribution in [0.25, 0.3) is 10.9 Å². The van der Waals surface area contributed by atoms with Crippen molar-refractivity contribution in [3.63, 3.8) is 0 Å². The van der Waals surface area contributed by atoms with Crippen molar-refractivity contribution < 1.29 is 10.2 Å². The maximum Gasteiger partial charge on any atom is 0.198 e. The third kappa shape index (κ3) is 3.67. The number of phenols is 1. The van der Waals surface area contributed by atoms with Gasteiger partial charge in [-0.25, -0.2) is 0 Å². The molecule has 130 valence electrons. The fourth-order valence-electron chi connectivity index (χ4n) is 2.89. The van der Waals surface area contributed by atoms with Gasteiger partial charge in [0.05, 0.1) is 11.3 Å². The van der Waals surface area contributed by atoms with E-state index in [2.05, 4.69) is 28.7 Å². The number of phenolic OH excluding ortho intramolecular Hbond substituents is 1. The number of hydrogen-bond donors (Lipinski definition) is 3. The third-order valence-corrected chi connectivity index (χ3v) is 4.42. The first-order valence-corrected chi connectivity index (χ1v) is 8.50. The van der Waals surface area contributed by atoms with E-state index < -0.39 is 0 Å². The second-order valence-electron chi connectivity index (χ2n) is 5.97. The van der Waals surface area contributed by atoms with Crippen LogP contribution in [0.3, 0.4) is 0 Å². The summed E-state index contributed by atoms with van der Waals surface area (Å²) < 4.78 is 0. The first kappa shape index (κ1) is 17.0. The van der Waals surface area contributed by atoms with Crippen molar-refractivity contribution in [1.29, 1.82) is 0 Å². The van der Waals surface area contributed by atoms with Crippen molar-refractivity contribution in [2.24, 2.45) is 4.99 Å². The predicted octanol–water partition coefficient (Wildman–Crippen LogP) is 4.17. The van der Waals surface area contributed by atoms with Crippen molar-refractivity contribution in [3.8, 4) is 11.6 Å². The molecule has 0 atom stereocenters. The van der Waals surface area contributed by atoms with Gasteiger partial charge in [0.25, 0.3) is 0 Å². The number of para-hydroxylation sites is 1. The maximum atomic E-state index is 10.1. The third-order valence-electron chi connectivity index (χ3n) is 4.42. The Morgan fingerprint density at radius 1 is 1.08 bits per heavy atom. The van der Waals surface area contributed by atoms with Crippen LogP contribution in [0.4, 0.5) is 5.69 Å². The summed E-state index contributed by atoms with van der Waals surface area (Å²) in [6, 6.07) is 13.0. The second kappa shape index (κ2) is 7.40. The standard InChI is InChI=1S/C20H23N3O2/c1-3-23(4-2)13-14-11-15(9-10-19(14)24)21-12-17-16-7-5-6-8-18(16)22-20(17)25/h5-12,22,24-25H,3-4,13H2,1-2H3. The number of benzene rings is 2. The Morgan fingerprint density at radius 2 is 1.84 bits per heavy atom. The fourth-order valence-corrected chi connectivity index (χ4v) is 2.89. The van der Waals surface area contributed by atoms with Gasteiger partial charge >= 0.3 is 0 Å². The zero-order chi connectivity index (χ0) is 17.8. The van der Waals surface area contributed by atoms with E-state index in [-0.39, 0.29) is 11.6 Å². The number of H-pyrrole nitrogens is 1.